The lowest BCUT2D eigenvalue weighted by atomic mass is 9.90. The zero-order valence-corrected chi connectivity index (χ0v) is 27.3. The standard InChI is InChI=1S/C25H35N5O5.C4H11N3.C2H6/c1-16(2)21(33)29-25(4)12-8-11-24(3)15-30(24)22(34)20(17-9-6-5-7-10-17)28-19(32)14-26-18(31)13-27-23(25)35;1-2-3-7-4(5)6;1-2/h5-7,9-10,16,20H,8,11-15H2,1-4H3,(H,26,31)(H,27,35)(H,28,32)(H,29,33);2-3H2,1H3,(H4,5,6,7);1-2H3/t20-,24?,25-,30?;;/m0../s1. The summed E-state index contributed by atoms with van der Waals surface area (Å²) in [4.78, 5) is 69.0. The minimum absolute atomic E-state index is 0.182. The Morgan fingerprint density at radius 1 is 1.02 bits per heavy atom. The van der Waals surface area contributed by atoms with Crippen molar-refractivity contribution >= 4 is 35.5 Å². The molecule has 0 aromatic heterocycles. The molecule has 3 atom stereocenters. The van der Waals surface area contributed by atoms with Gasteiger partial charge in [0.05, 0.1) is 18.6 Å². The van der Waals surface area contributed by atoms with Crippen LogP contribution in [0.25, 0.3) is 0 Å². The smallest absolute Gasteiger partial charge is 0.250 e. The Kier molecular flexibility index (Phi) is 15.3. The molecule has 13 nitrogen and oxygen atoms in total. The van der Waals surface area contributed by atoms with Crippen LogP contribution < -0.4 is 32.7 Å². The number of benzene rings is 1. The first kappa shape index (κ1) is 37.9. The second-order valence-electron chi connectivity index (χ2n) is 11.4. The summed E-state index contributed by atoms with van der Waals surface area (Å²) >= 11 is 0. The zero-order chi connectivity index (χ0) is 33.5. The van der Waals surface area contributed by atoms with E-state index >= 15 is 0 Å². The van der Waals surface area contributed by atoms with Crippen LogP contribution in [-0.4, -0.2) is 77.7 Å². The van der Waals surface area contributed by atoms with Crippen LogP contribution in [0, 0.1) is 5.92 Å². The van der Waals surface area contributed by atoms with E-state index in [0.29, 0.717) is 31.4 Å². The van der Waals surface area contributed by atoms with Crippen LogP contribution in [0.3, 0.4) is 0 Å². The summed E-state index contributed by atoms with van der Waals surface area (Å²) in [6.07, 6.45) is 2.53. The van der Waals surface area contributed by atoms with Crippen molar-refractivity contribution in [2.45, 2.75) is 91.3 Å². The van der Waals surface area contributed by atoms with Gasteiger partial charge in [0.2, 0.25) is 29.5 Å². The van der Waals surface area contributed by atoms with Gasteiger partial charge in [0.15, 0.2) is 5.96 Å². The number of amides is 5. The van der Waals surface area contributed by atoms with E-state index in [1.807, 2.05) is 33.8 Å². The summed E-state index contributed by atoms with van der Waals surface area (Å²) in [5.41, 5.74) is 9.05. The maximum atomic E-state index is 13.4. The molecule has 2 aliphatic rings. The minimum Gasteiger partial charge on any atom is -0.370 e. The lowest BCUT2D eigenvalue weighted by Gasteiger charge is -2.31. The van der Waals surface area contributed by atoms with Crippen molar-refractivity contribution in [1.29, 1.82) is 0 Å². The maximum Gasteiger partial charge on any atom is 0.250 e. The number of nitrogens with one attached hydrogen (secondary N) is 4. The highest BCUT2D eigenvalue weighted by molar-refractivity contribution is 5.95. The first-order chi connectivity index (χ1) is 20.7. The van der Waals surface area contributed by atoms with E-state index in [1.165, 1.54) is 0 Å². The Hall–Kier alpha value is -4.16. The molecule has 3 rings (SSSR count). The number of carbonyl (C=O) groups is 5. The van der Waals surface area contributed by atoms with Gasteiger partial charge >= 0.3 is 0 Å². The van der Waals surface area contributed by atoms with Crippen LogP contribution in [0.1, 0.15) is 85.8 Å². The van der Waals surface area contributed by atoms with E-state index in [-0.39, 0.29) is 36.8 Å². The molecule has 0 aliphatic carbocycles. The highest BCUT2D eigenvalue weighted by Gasteiger charge is 2.52. The fourth-order valence-corrected chi connectivity index (χ4v) is 4.47. The number of fused-ring (bicyclic) bond motifs is 1. The van der Waals surface area contributed by atoms with E-state index in [4.69, 9.17) is 11.5 Å². The highest BCUT2D eigenvalue weighted by Crippen LogP contribution is 2.39. The number of carbonyl (C=O) groups excluding carboxylic acids is 5. The van der Waals surface area contributed by atoms with Crippen LogP contribution in [0.4, 0.5) is 0 Å². The average Bonchev–Trinajstić information content (AvgIpc) is 3.67. The van der Waals surface area contributed by atoms with Gasteiger partial charge < -0.3 is 37.6 Å². The van der Waals surface area contributed by atoms with Crippen LogP contribution in [-0.2, 0) is 24.0 Å². The molecule has 5 amide bonds. The zero-order valence-electron chi connectivity index (χ0n) is 27.3. The molecule has 2 heterocycles. The van der Waals surface area contributed by atoms with Gasteiger partial charge in [0.25, 0.3) is 0 Å². The van der Waals surface area contributed by atoms with Gasteiger partial charge in [-0.15, -0.1) is 0 Å². The van der Waals surface area contributed by atoms with Crippen molar-refractivity contribution in [3.63, 3.8) is 0 Å². The van der Waals surface area contributed by atoms with Crippen molar-refractivity contribution in [3.05, 3.63) is 35.9 Å². The van der Waals surface area contributed by atoms with E-state index in [0.717, 1.165) is 13.0 Å². The molecule has 246 valence electrons. The van der Waals surface area contributed by atoms with Crippen molar-refractivity contribution in [2.75, 3.05) is 26.2 Å². The quantitative estimate of drug-likeness (QED) is 0.161. The molecule has 2 fully saturated rings. The summed E-state index contributed by atoms with van der Waals surface area (Å²) in [5.74, 6) is -2.17. The predicted octanol–water partition coefficient (Wildman–Crippen LogP) is 1.09. The number of hydrogen-bond acceptors (Lipinski definition) is 6. The molecule has 0 saturated carbocycles. The maximum absolute atomic E-state index is 13.4. The molecule has 1 aromatic carbocycles. The Labute approximate surface area is 261 Å². The number of aliphatic imine (C=N–C) groups is 1. The molecule has 8 N–H and O–H groups in total. The van der Waals surface area contributed by atoms with Crippen LogP contribution in [0.2, 0.25) is 0 Å². The molecule has 2 saturated heterocycles. The molecule has 1 unspecified atom stereocenters. The van der Waals surface area contributed by atoms with Crippen molar-refractivity contribution in [2.24, 2.45) is 22.4 Å². The SMILES string of the molecule is CC.CC(C)C(=O)N[C@@]1(C)CCCC2(C)CN2C(=O)[C@H](c2ccccc2)NC(=O)CNC(=O)CNC1=O.CCCN=C(N)N. The van der Waals surface area contributed by atoms with Crippen LogP contribution in [0.5, 0.6) is 0 Å². The topological polar surface area (TPSA) is 201 Å². The number of rotatable bonds is 5. The summed E-state index contributed by atoms with van der Waals surface area (Å²) < 4.78 is 0. The first-order valence-corrected chi connectivity index (χ1v) is 15.3. The predicted molar refractivity (Wildman–Crippen MR) is 171 cm³/mol. The molecule has 44 heavy (non-hydrogen) atoms. The van der Waals surface area contributed by atoms with E-state index in [9.17, 15) is 24.0 Å². The van der Waals surface area contributed by atoms with Crippen LogP contribution >= 0.6 is 0 Å². The molecule has 2 aliphatic heterocycles. The second kappa shape index (κ2) is 17.8. The third-order valence-electron chi connectivity index (χ3n) is 7.19. The molecule has 0 spiro atoms. The number of nitrogens with two attached hydrogens (primary N) is 2. The average molecular weight is 617 g/mol. The Morgan fingerprint density at radius 3 is 2.18 bits per heavy atom. The number of hydrogen-bond donors (Lipinski definition) is 6. The number of guanidine groups is 1. The van der Waals surface area contributed by atoms with Gasteiger partial charge in [-0.1, -0.05) is 65.0 Å². The van der Waals surface area contributed by atoms with Gasteiger partial charge in [0, 0.05) is 19.0 Å². The summed E-state index contributed by atoms with van der Waals surface area (Å²) in [6.45, 7) is 13.7. The van der Waals surface area contributed by atoms with Gasteiger partial charge in [0.1, 0.15) is 11.6 Å². The normalized spacial score (nSPS) is 24.1. The Bertz CT molecular complexity index is 1150. The molecule has 0 radical (unpaired) electrons. The van der Waals surface area contributed by atoms with E-state index in [1.54, 1.807) is 49.9 Å². The van der Waals surface area contributed by atoms with Gasteiger partial charge in [-0.05, 0) is 45.1 Å². The summed E-state index contributed by atoms with van der Waals surface area (Å²) in [7, 11) is 0. The van der Waals surface area contributed by atoms with Gasteiger partial charge in [-0.2, -0.15) is 0 Å². The molecule has 0 bridgehead atoms. The Balaban J connectivity index is 0.000000945. The third kappa shape index (κ3) is 11.8. The summed E-state index contributed by atoms with van der Waals surface area (Å²) in [6, 6.07) is 8.11. The Morgan fingerprint density at radius 2 is 1.64 bits per heavy atom. The van der Waals surface area contributed by atoms with E-state index < -0.39 is 34.8 Å². The van der Waals surface area contributed by atoms with Gasteiger partial charge in [-0.25, -0.2) is 0 Å². The van der Waals surface area contributed by atoms with Crippen molar-refractivity contribution in [1.82, 2.24) is 26.2 Å². The molecule has 13 heteroatoms. The third-order valence-corrected chi connectivity index (χ3v) is 7.19. The largest absolute Gasteiger partial charge is 0.370 e. The monoisotopic (exact) mass is 616 g/mol. The van der Waals surface area contributed by atoms with Crippen molar-refractivity contribution < 1.29 is 24.0 Å². The van der Waals surface area contributed by atoms with Crippen molar-refractivity contribution in [3.8, 4) is 0 Å². The fourth-order valence-electron chi connectivity index (χ4n) is 4.47. The first-order valence-electron chi connectivity index (χ1n) is 15.3. The van der Waals surface area contributed by atoms with Crippen LogP contribution in [0.15, 0.2) is 35.3 Å². The minimum atomic E-state index is -1.22. The summed E-state index contributed by atoms with van der Waals surface area (Å²) in [5, 5.41) is 10.6. The number of nitrogens with zero attached hydrogens (tertiary/aromatic N) is 2. The molecular weight excluding hydrogens is 564 g/mol. The lowest BCUT2D eigenvalue weighted by Crippen LogP contribution is -2.58. The lowest BCUT2D eigenvalue weighted by molar-refractivity contribution is -0.136. The van der Waals surface area contributed by atoms with Gasteiger partial charge in [-0.3, -0.25) is 29.0 Å². The highest BCUT2D eigenvalue weighted by atomic mass is 16.2. The fraction of sp³-hybridized carbons (Fsp3) is 0.613. The second-order valence-corrected chi connectivity index (χ2v) is 11.4. The molecular formula is C31H52N8O5. The molecule has 1 aromatic rings. The van der Waals surface area contributed by atoms with E-state index in [2.05, 4.69) is 26.3 Å².